The molecule has 0 aromatic rings. The summed E-state index contributed by atoms with van der Waals surface area (Å²) in [4.78, 5) is 10.3. The maximum absolute atomic E-state index is 10.3. The van der Waals surface area contributed by atoms with Gasteiger partial charge in [-0.3, -0.25) is 4.79 Å². The van der Waals surface area contributed by atoms with E-state index in [-0.39, 0.29) is 0 Å². The van der Waals surface area contributed by atoms with Gasteiger partial charge in [0.2, 0.25) is 0 Å². The maximum Gasteiger partial charge on any atom is 0.303 e. The van der Waals surface area contributed by atoms with Crippen LogP contribution in [0, 0.1) is 0 Å². The van der Waals surface area contributed by atoms with Crippen molar-refractivity contribution in [3.05, 3.63) is 0 Å². The number of thiol groups is 1. The molecule has 0 aliphatic rings. The van der Waals surface area contributed by atoms with Crippen molar-refractivity contribution in [2.75, 3.05) is 0 Å². The van der Waals surface area contributed by atoms with E-state index in [2.05, 4.69) is 19.6 Å². The third-order valence-electron chi connectivity index (χ3n) is 3.76. The number of carboxylic acid groups (broad SMARTS) is 1. The summed E-state index contributed by atoms with van der Waals surface area (Å²) in [5.41, 5.74) is 0. The third-order valence-corrected chi connectivity index (χ3v) is 4.02. The zero-order valence-corrected chi connectivity index (χ0v) is 14.2. The van der Waals surface area contributed by atoms with Crippen molar-refractivity contribution < 1.29 is 9.90 Å². The maximum atomic E-state index is 10.3. The zero-order valence-electron chi connectivity index (χ0n) is 13.3. The van der Waals surface area contributed by atoms with Crippen molar-refractivity contribution in [1.29, 1.82) is 0 Å². The number of aliphatic carboxylic acids is 1. The third kappa shape index (κ3) is 17.8. The molecule has 0 saturated heterocycles. The molecule has 0 heterocycles. The van der Waals surface area contributed by atoms with Gasteiger partial charge < -0.3 is 5.11 Å². The molecule has 0 bridgehead atoms. The molecule has 0 aliphatic carbocycles. The number of unbranched alkanes of at least 4 members (excludes halogenated alkanes) is 11. The fourth-order valence-electron chi connectivity index (χ4n) is 2.48. The van der Waals surface area contributed by atoms with Crippen molar-refractivity contribution >= 4 is 18.6 Å². The minimum absolute atomic E-state index is 0.339. The second kappa shape index (κ2) is 15.2. The fraction of sp³-hybridized carbons (Fsp3) is 0.941. The summed E-state index contributed by atoms with van der Waals surface area (Å²) in [7, 11) is 0. The molecule has 120 valence electrons. The van der Waals surface area contributed by atoms with Crippen molar-refractivity contribution in [2.45, 2.75) is 102 Å². The highest BCUT2D eigenvalue weighted by Gasteiger charge is 1.97. The van der Waals surface area contributed by atoms with Crippen LogP contribution in [0.15, 0.2) is 0 Å². The van der Waals surface area contributed by atoms with Crippen LogP contribution in [0.25, 0.3) is 0 Å². The standard InChI is InChI=1S/C17H34O2S/c1-16(20)14-12-10-8-6-4-2-3-5-7-9-11-13-15-17(18)19/h16,20H,2-15H2,1H3,(H,18,19). The lowest BCUT2D eigenvalue weighted by Crippen LogP contribution is -1.93. The Balaban J connectivity index is 2.97. The van der Waals surface area contributed by atoms with Gasteiger partial charge in [0, 0.05) is 6.42 Å². The molecule has 3 heteroatoms. The molecular formula is C17H34O2S. The Morgan fingerprint density at radius 3 is 1.50 bits per heavy atom. The van der Waals surface area contributed by atoms with Crippen LogP contribution in [0.4, 0.5) is 0 Å². The van der Waals surface area contributed by atoms with E-state index in [1.807, 2.05) is 0 Å². The highest BCUT2D eigenvalue weighted by Crippen LogP contribution is 2.14. The summed E-state index contributed by atoms with van der Waals surface area (Å²) in [5.74, 6) is -0.658. The smallest absolute Gasteiger partial charge is 0.303 e. The van der Waals surface area contributed by atoms with Crippen LogP contribution in [-0.4, -0.2) is 16.3 Å². The molecule has 0 aliphatic heterocycles. The second-order valence-corrected chi connectivity index (χ2v) is 6.91. The van der Waals surface area contributed by atoms with Crippen molar-refractivity contribution in [3.8, 4) is 0 Å². The fourth-order valence-corrected chi connectivity index (χ4v) is 2.67. The summed E-state index contributed by atoms with van der Waals surface area (Å²) in [6.07, 6.45) is 16.9. The van der Waals surface area contributed by atoms with Crippen LogP contribution < -0.4 is 0 Å². The lowest BCUT2D eigenvalue weighted by atomic mass is 10.0. The second-order valence-electron chi connectivity index (χ2n) is 6.02. The molecule has 0 saturated carbocycles. The Kier molecular flexibility index (Phi) is 15.1. The molecule has 0 aromatic heterocycles. The van der Waals surface area contributed by atoms with Gasteiger partial charge in [-0.1, -0.05) is 77.6 Å². The summed E-state index contributed by atoms with van der Waals surface area (Å²) >= 11 is 4.39. The van der Waals surface area contributed by atoms with E-state index in [0.717, 1.165) is 12.8 Å². The van der Waals surface area contributed by atoms with Gasteiger partial charge >= 0.3 is 5.97 Å². The molecule has 2 nitrogen and oxygen atoms in total. The molecule has 1 unspecified atom stereocenters. The predicted octanol–water partition coefficient (Wildman–Crippen LogP) is 5.85. The van der Waals surface area contributed by atoms with Crippen molar-refractivity contribution in [3.63, 3.8) is 0 Å². The monoisotopic (exact) mass is 302 g/mol. The van der Waals surface area contributed by atoms with Crippen molar-refractivity contribution in [1.82, 2.24) is 0 Å². The van der Waals surface area contributed by atoms with Gasteiger partial charge in [0.15, 0.2) is 0 Å². The van der Waals surface area contributed by atoms with Gasteiger partial charge in [-0.25, -0.2) is 0 Å². The number of hydrogen-bond acceptors (Lipinski definition) is 2. The molecular weight excluding hydrogens is 268 g/mol. The van der Waals surface area contributed by atoms with Gasteiger partial charge in [-0.15, -0.1) is 0 Å². The van der Waals surface area contributed by atoms with Crippen molar-refractivity contribution in [2.24, 2.45) is 0 Å². The number of rotatable bonds is 15. The summed E-state index contributed by atoms with van der Waals surface area (Å²) in [5, 5.41) is 9.07. The minimum Gasteiger partial charge on any atom is -0.481 e. The van der Waals surface area contributed by atoms with Crippen LogP contribution in [-0.2, 0) is 4.79 Å². The summed E-state index contributed by atoms with van der Waals surface area (Å²) < 4.78 is 0. The Bertz CT molecular complexity index is 217. The molecule has 0 spiro atoms. The quantitative estimate of drug-likeness (QED) is 0.294. The number of carboxylic acids is 1. The van der Waals surface area contributed by atoms with E-state index in [0.29, 0.717) is 11.7 Å². The Morgan fingerprint density at radius 2 is 1.15 bits per heavy atom. The number of carbonyl (C=O) groups is 1. The van der Waals surface area contributed by atoms with Gasteiger partial charge in [0.05, 0.1) is 0 Å². The van der Waals surface area contributed by atoms with E-state index in [9.17, 15) is 4.79 Å². The van der Waals surface area contributed by atoms with Gasteiger partial charge in [0.25, 0.3) is 0 Å². The molecule has 0 radical (unpaired) electrons. The van der Waals surface area contributed by atoms with E-state index in [4.69, 9.17) is 5.11 Å². The summed E-state index contributed by atoms with van der Waals surface area (Å²) in [6.45, 7) is 2.17. The molecule has 0 rings (SSSR count). The van der Waals surface area contributed by atoms with E-state index >= 15 is 0 Å². The van der Waals surface area contributed by atoms with E-state index in [1.165, 1.54) is 70.6 Å². The van der Waals surface area contributed by atoms with Gasteiger partial charge in [0.1, 0.15) is 0 Å². The predicted molar refractivity (Wildman–Crippen MR) is 90.7 cm³/mol. The highest BCUT2D eigenvalue weighted by atomic mass is 32.1. The highest BCUT2D eigenvalue weighted by molar-refractivity contribution is 7.80. The first-order chi connectivity index (χ1) is 9.63. The average molecular weight is 303 g/mol. The lowest BCUT2D eigenvalue weighted by Gasteiger charge is -2.04. The minimum atomic E-state index is -0.658. The molecule has 0 amide bonds. The first kappa shape index (κ1) is 19.8. The Labute approximate surface area is 131 Å². The van der Waals surface area contributed by atoms with Gasteiger partial charge in [-0.05, 0) is 18.1 Å². The largest absolute Gasteiger partial charge is 0.481 e. The zero-order chi connectivity index (χ0) is 15.1. The normalized spacial score (nSPS) is 12.5. The molecule has 20 heavy (non-hydrogen) atoms. The molecule has 1 atom stereocenters. The van der Waals surface area contributed by atoms with Crippen LogP contribution in [0.1, 0.15) is 96.8 Å². The Morgan fingerprint density at radius 1 is 0.800 bits per heavy atom. The molecule has 1 N–H and O–H groups in total. The first-order valence-electron chi connectivity index (χ1n) is 8.53. The topological polar surface area (TPSA) is 37.3 Å². The van der Waals surface area contributed by atoms with Crippen LogP contribution in [0.3, 0.4) is 0 Å². The van der Waals surface area contributed by atoms with Crippen LogP contribution >= 0.6 is 12.6 Å². The first-order valence-corrected chi connectivity index (χ1v) is 9.04. The van der Waals surface area contributed by atoms with Crippen LogP contribution in [0.2, 0.25) is 0 Å². The Hall–Kier alpha value is -0.180. The number of hydrogen-bond donors (Lipinski definition) is 2. The lowest BCUT2D eigenvalue weighted by molar-refractivity contribution is -0.137. The summed E-state index contributed by atoms with van der Waals surface area (Å²) in [6, 6.07) is 0. The average Bonchev–Trinajstić information content (AvgIpc) is 2.38. The molecule has 0 fully saturated rings. The SMILES string of the molecule is CC(S)CCCCCCCCCCCCCCC(=O)O. The van der Waals surface area contributed by atoms with Crippen LogP contribution in [0.5, 0.6) is 0 Å². The molecule has 0 aromatic carbocycles. The van der Waals surface area contributed by atoms with Gasteiger partial charge in [-0.2, -0.15) is 12.6 Å². The van der Waals surface area contributed by atoms with E-state index < -0.39 is 5.97 Å². The van der Waals surface area contributed by atoms with E-state index in [1.54, 1.807) is 0 Å².